The van der Waals surface area contributed by atoms with Gasteiger partial charge in [-0.2, -0.15) is 0 Å². The van der Waals surface area contributed by atoms with Gasteiger partial charge in [-0.15, -0.1) is 0 Å². The summed E-state index contributed by atoms with van der Waals surface area (Å²) >= 11 is 0. The van der Waals surface area contributed by atoms with Crippen molar-refractivity contribution in [3.63, 3.8) is 0 Å². The van der Waals surface area contributed by atoms with Gasteiger partial charge in [-0.05, 0) is 12.5 Å². The van der Waals surface area contributed by atoms with Crippen LogP contribution in [0.3, 0.4) is 0 Å². The molecule has 0 aliphatic heterocycles. The van der Waals surface area contributed by atoms with Gasteiger partial charge in [0.15, 0.2) is 0 Å². The number of benzene rings is 1. The van der Waals surface area contributed by atoms with Crippen LogP contribution in [-0.2, 0) is 25.6 Å². The highest BCUT2D eigenvalue weighted by atomic mass is 16.5. The molecule has 0 spiro atoms. The number of hydrogen-bond donors (Lipinski definition) is 0. The van der Waals surface area contributed by atoms with Crippen LogP contribution in [0.15, 0.2) is 54.8 Å². The van der Waals surface area contributed by atoms with Crippen molar-refractivity contribution in [2.45, 2.75) is 32.5 Å². The molecule has 0 saturated heterocycles. The highest BCUT2D eigenvalue weighted by molar-refractivity contribution is 5.81. The molecule has 1 rings (SSSR count). The van der Waals surface area contributed by atoms with Crippen LogP contribution in [0.1, 0.15) is 25.3 Å². The molecule has 0 aromatic heterocycles. The molecule has 0 N–H and O–H groups in total. The fraction of sp³-hybridized carbons (Fsp3) is 0.389. The van der Waals surface area contributed by atoms with E-state index in [0.29, 0.717) is 13.2 Å². The number of allylic oxidation sites excluding steroid dienone is 1. The minimum Gasteiger partial charge on any atom is -0.497 e. The highest BCUT2D eigenvalue weighted by Gasteiger charge is 2.07. The smallest absolute Gasteiger partial charge is 0.333 e. The Kier molecular flexibility index (Phi) is 9.46. The van der Waals surface area contributed by atoms with Gasteiger partial charge < -0.3 is 14.2 Å². The van der Waals surface area contributed by atoms with E-state index in [1.54, 1.807) is 0 Å². The first-order chi connectivity index (χ1) is 10.8. The Bertz CT molecular complexity index is 465. The van der Waals surface area contributed by atoms with Gasteiger partial charge in [-0.1, -0.05) is 42.5 Å². The fourth-order valence-electron chi connectivity index (χ4n) is 1.78. The molecule has 0 fully saturated rings. The van der Waals surface area contributed by atoms with E-state index in [0.717, 1.165) is 18.4 Å². The zero-order valence-corrected chi connectivity index (χ0v) is 13.2. The predicted octanol–water partition coefficient (Wildman–Crippen LogP) is 3.63. The van der Waals surface area contributed by atoms with Crippen LogP contribution in [0.2, 0.25) is 0 Å². The molecule has 0 heterocycles. The number of rotatable bonds is 10. The SMILES string of the molecule is C/C=C/C[C@@H](CCOCc1ccccc1)O/C=C/C(=O)OC. The fourth-order valence-corrected chi connectivity index (χ4v) is 1.78. The third-order valence-electron chi connectivity index (χ3n) is 3.01. The molecular weight excluding hydrogens is 280 g/mol. The standard InChI is InChI=1S/C18H24O4/c1-3-4-10-17(22-14-12-18(19)20-2)11-13-21-15-16-8-6-5-7-9-16/h3-9,12,14,17H,10-11,13,15H2,1-2H3/b4-3+,14-12+/t17-/m0/s1. The molecule has 120 valence electrons. The Hall–Kier alpha value is -2.07. The molecule has 0 aliphatic rings. The second-order valence-corrected chi connectivity index (χ2v) is 4.72. The van der Waals surface area contributed by atoms with Crippen molar-refractivity contribution in [1.29, 1.82) is 0 Å². The summed E-state index contributed by atoms with van der Waals surface area (Å²) in [7, 11) is 1.33. The number of carbonyl (C=O) groups is 1. The first-order valence-electron chi connectivity index (χ1n) is 7.39. The van der Waals surface area contributed by atoms with Crippen LogP contribution < -0.4 is 0 Å². The summed E-state index contributed by atoms with van der Waals surface area (Å²) in [5.41, 5.74) is 1.15. The summed E-state index contributed by atoms with van der Waals surface area (Å²) in [6.07, 6.45) is 8.18. The second-order valence-electron chi connectivity index (χ2n) is 4.72. The lowest BCUT2D eigenvalue weighted by molar-refractivity contribution is -0.135. The lowest BCUT2D eigenvalue weighted by Crippen LogP contribution is -2.12. The summed E-state index contributed by atoms with van der Waals surface area (Å²) < 4.78 is 15.7. The summed E-state index contributed by atoms with van der Waals surface area (Å²) in [6, 6.07) is 10.0. The number of carbonyl (C=O) groups excluding carboxylic acids is 1. The Balaban J connectivity index is 2.31. The van der Waals surface area contributed by atoms with Gasteiger partial charge in [0.25, 0.3) is 0 Å². The monoisotopic (exact) mass is 304 g/mol. The predicted molar refractivity (Wildman–Crippen MR) is 86.2 cm³/mol. The third kappa shape index (κ3) is 8.27. The minimum atomic E-state index is -0.426. The van der Waals surface area contributed by atoms with Crippen molar-refractivity contribution < 1.29 is 19.0 Å². The Morgan fingerprint density at radius 3 is 2.73 bits per heavy atom. The van der Waals surface area contributed by atoms with Gasteiger partial charge in [-0.25, -0.2) is 4.79 Å². The van der Waals surface area contributed by atoms with Gasteiger partial charge >= 0.3 is 5.97 Å². The number of ether oxygens (including phenoxy) is 3. The second kappa shape index (κ2) is 11.6. The first-order valence-corrected chi connectivity index (χ1v) is 7.39. The van der Waals surface area contributed by atoms with Crippen molar-refractivity contribution in [3.8, 4) is 0 Å². The maximum atomic E-state index is 11.0. The third-order valence-corrected chi connectivity index (χ3v) is 3.01. The Morgan fingerprint density at radius 1 is 1.27 bits per heavy atom. The largest absolute Gasteiger partial charge is 0.497 e. The summed E-state index contributed by atoms with van der Waals surface area (Å²) in [6.45, 7) is 3.16. The Labute approximate surface area is 132 Å². The van der Waals surface area contributed by atoms with Crippen LogP contribution in [0, 0.1) is 0 Å². The lowest BCUT2D eigenvalue weighted by Gasteiger charge is -2.15. The van der Waals surface area contributed by atoms with E-state index in [1.165, 1.54) is 19.4 Å². The number of hydrogen-bond acceptors (Lipinski definition) is 4. The molecule has 0 radical (unpaired) electrons. The molecular formula is C18H24O4. The van der Waals surface area contributed by atoms with E-state index in [-0.39, 0.29) is 6.10 Å². The average molecular weight is 304 g/mol. The highest BCUT2D eigenvalue weighted by Crippen LogP contribution is 2.08. The molecule has 0 unspecified atom stereocenters. The maximum Gasteiger partial charge on any atom is 0.333 e. The molecule has 0 saturated carbocycles. The zero-order valence-electron chi connectivity index (χ0n) is 13.2. The molecule has 1 aromatic carbocycles. The zero-order chi connectivity index (χ0) is 16.0. The van der Waals surface area contributed by atoms with Crippen LogP contribution in [0.4, 0.5) is 0 Å². The molecule has 0 aliphatic carbocycles. The topological polar surface area (TPSA) is 44.8 Å². The van der Waals surface area contributed by atoms with E-state index in [1.807, 2.05) is 49.4 Å². The van der Waals surface area contributed by atoms with E-state index in [9.17, 15) is 4.79 Å². The van der Waals surface area contributed by atoms with Crippen LogP contribution in [0.5, 0.6) is 0 Å². The first kappa shape index (κ1) is 18.0. The summed E-state index contributed by atoms with van der Waals surface area (Å²) in [5.74, 6) is -0.426. The van der Waals surface area contributed by atoms with Crippen LogP contribution in [-0.4, -0.2) is 25.8 Å². The van der Waals surface area contributed by atoms with Crippen molar-refractivity contribution in [1.82, 2.24) is 0 Å². The van der Waals surface area contributed by atoms with Crippen molar-refractivity contribution in [2.24, 2.45) is 0 Å². The molecule has 4 heteroatoms. The van der Waals surface area contributed by atoms with Crippen molar-refractivity contribution >= 4 is 5.97 Å². The van der Waals surface area contributed by atoms with E-state index in [2.05, 4.69) is 4.74 Å². The Morgan fingerprint density at radius 2 is 2.05 bits per heavy atom. The van der Waals surface area contributed by atoms with Crippen LogP contribution in [0.25, 0.3) is 0 Å². The normalized spacial score (nSPS) is 12.6. The molecule has 1 atom stereocenters. The average Bonchev–Trinajstić information content (AvgIpc) is 2.56. The molecule has 4 nitrogen and oxygen atoms in total. The maximum absolute atomic E-state index is 11.0. The lowest BCUT2D eigenvalue weighted by atomic mass is 10.2. The van der Waals surface area contributed by atoms with E-state index >= 15 is 0 Å². The van der Waals surface area contributed by atoms with Crippen molar-refractivity contribution in [2.75, 3.05) is 13.7 Å². The van der Waals surface area contributed by atoms with Crippen LogP contribution >= 0.6 is 0 Å². The van der Waals surface area contributed by atoms with Gasteiger partial charge in [0.1, 0.15) is 6.10 Å². The van der Waals surface area contributed by atoms with E-state index in [4.69, 9.17) is 9.47 Å². The van der Waals surface area contributed by atoms with Gasteiger partial charge in [0.05, 0.1) is 32.7 Å². The summed E-state index contributed by atoms with van der Waals surface area (Å²) in [4.78, 5) is 11.0. The molecule has 1 aromatic rings. The minimum absolute atomic E-state index is 0.0205. The van der Waals surface area contributed by atoms with Crippen molar-refractivity contribution in [3.05, 3.63) is 60.4 Å². The molecule has 0 amide bonds. The molecule has 0 bridgehead atoms. The molecule has 22 heavy (non-hydrogen) atoms. The van der Waals surface area contributed by atoms with Gasteiger partial charge in [0.2, 0.25) is 0 Å². The summed E-state index contributed by atoms with van der Waals surface area (Å²) in [5, 5.41) is 0. The quantitative estimate of drug-likeness (QED) is 0.218. The van der Waals surface area contributed by atoms with Gasteiger partial charge in [-0.3, -0.25) is 0 Å². The van der Waals surface area contributed by atoms with E-state index < -0.39 is 5.97 Å². The van der Waals surface area contributed by atoms with Gasteiger partial charge in [0, 0.05) is 12.8 Å². The number of methoxy groups -OCH3 is 1. The number of esters is 1.